The van der Waals surface area contributed by atoms with Crippen molar-refractivity contribution in [1.82, 2.24) is 9.78 Å². The summed E-state index contributed by atoms with van der Waals surface area (Å²) in [5.41, 5.74) is 0.224. The molecule has 0 radical (unpaired) electrons. The summed E-state index contributed by atoms with van der Waals surface area (Å²) in [6.45, 7) is 3.99. The highest BCUT2D eigenvalue weighted by atomic mass is 32.1. The zero-order valence-corrected chi connectivity index (χ0v) is 7.88. The number of thiol groups is 1. The van der Waals surface area contributed by atoms with E-state index in [1.54, 1.807) is 0 Å². The molecule has 70 valence electrons. The number of rotatable bonds is 3. The Morgan fingerprint density at radius 2 is 2.23 bits per heavy atom. The van der Waals surface area contributed by atoms with E-state index >= 15 is 0 Å². The Kier molecular flexibility index (Phi) is 3.13. The van der Waals surface area contributed by atoms with Gasteiger partial charge in [-0.3, -0.25) is 14.7 Å². The number of aromatic nitrogens is 2. The molecule has 0 spiro atoms. The highest BCUT2D eigenvalue weighted by Gasteiger charge is 1.97. The van der Waals surface area contributed by atoms with Gasteiger partial charge in [0.25, 0.3) is 11.1 Å². The summed E-state index contributed by atoms with van der Waals surface area (Å²) < 4.78 is 1.21. The quantitative estimate of drug-likeness (QED) is 0.531. The Balaban J connectivity index is 3.01. The molecule has 13 heavy (non-hydrogen) atoms. The molecule has 0 aliphatic rings. The molecule has 0 bridgehead atoms. The van der Waals surface area contributed by atoms with E-state index in [4.69, 9.17) is 0 Å². The lowest BCUT2D eigenvalue weighted by Crippen LogP contribution is -2.28. The number of H-pyrrole nitrogens is 1. The maximum atomic E-state index is 11.1. The molecule has 0 atom stereocenters. The average Bonchev–Trinajstić information content (AvgIpc) is 2.11. The monoisotopic (exact) mass is 198 g/mol. The minimum atomic E-state index is -0.299. The number of hydrogen-bond acceptors (Lipinski definition) is 3. The highest BCUT2D eigenvalue weighted by molar-refractivity contribution is 7.80. The predicted octanol–water partition coefficient (Wildman–Crippen LogP) is 0.0226. The third-order valence-electron chi connectivity index (χ3n) is 1.49. The average molecular weight is 198 g/mol. The van der Waals surface area contributed by atoms with Crippen LogP contribution in [0.1, 0.15) is 0 Å². The van der Waals surface area contributed by atoms with Crippen LogP contribution >= 0.6 is 12.6 Å². The first-order chi connectivity index (χ1) is 6.13. The highest BCUT2D eigenvalue weighted by Crippen LogP contribution is 1.93. The molecular formula is C8H10N2O2S. The van der Waals surface area contributed by atoms with Gasteiger partial charge in [0.05, 0.1) is 6.54 Å². The van der Waals surface area contributed by atoms with Gasteiger partial charge < -0.3 is 0 Å². The van der Waals surface area contributed by atoms with Crippen molar-refractivity contribution in [2.45, 2.75) is 6.54 Å². The molecule has 5 heteroatoms. The van der Waals surface area contributed by atoms with Crippen molar-refractivity contribution in [3.63, 3.8) is 0 Å². The van der Waals surface area contributed by atoms with E-state index in [1.165, 1.54) is 16.8 Å². The first-order valence-corrected chi connectivity index (χ1v) is 4.34. The third-order valence-corrected chi connectivity index (χ3v) is 1.94. The van der Waals surface area contributed by atoms with Crippen LogP contribution < -0.4 is 11.1 Å². The smallest absolute Gasteiger partial charge is 0.265 e. The molecule has 0 amide bonds. The normalized spacial score (nSPS) is 9.92. The van der Waals surface area contributed by atoms with E-state index < -0.39 is 0 Å². The van der Waals surface area contributed by atoms with E-state index in [9.17, 15) is 9.59 Å². The largest absolute Gasteiger partial charge is 0.268 e. The maximum absolute atomic E-state index is 11.1. The van der Waals surface area contributed by atoms with Crippen molar-refractivity contribution < 1.29 is 0 Å². The fourth-order valence-corrected chi connectivity index (χ4v) is 0.953. The molecule has 1 rings (SSSR count). The van der Waals surface area contributed by atoms with Gasteiger partial charge in [0.2, 0.25) is 0 Å². The van der Waals surface area contributed by atoms with Gasteiger partial charge in [-0.05, 0) is 5.57 Å². The van der Waals surface area contributed by atoms with Crippen molar-refractivity contribution in [2.75, 3.05) is 5.75 Å². The number of nitrogens with zero attached hydrogens (tertiary/aromatic N) is 1. The summed E-state index contributed by atoms with van der Waals surface area (Å²) in [6, 6.07) is 2.42. The third kappa shape index (κ3) is 2.62. The van der Waals surface area contributed by atoms with Crippen molar-refractivity contribution >= 4 is 12.6 Å². The van der Waals surface area contributed by atoms with Crippen LogP contribution in [0, 0.1) is 0 Å². The van der Waals surface area contributed by atoms with Gasteiger partial charge in [-0.15, -0.1) is 0 Å². The summed E-state index contributed by atoms with van der Waals surface area (Å²) in [7, 11) is 0. The van der Waals surface area contributed by atoms with Gasteiger partial charge in [0, 0.05) is 17.9 Å². The fraction of sp³-hybridized carbons (Fsp3) is 0.250. The molecule has 0 aliphatic heterocycles. The van der Waals surface area contributed by atoms with Crippen LogP contribution in [0.5, 0.6) is 0 Å². The van der Waals surface area contributed by atoms with E-state index in [-0.39, 0.29) is 11.1 Å². The van der Waals surface area contributed by atoms with Gasteiger partial charge in [-0.1, -0.05) is 6.58 Å². The van der Waals surface area contributed by atoms with Gasteiger partial charge in [-0.25, -0.2) is 4.68 Å². The molecule has 0 saturated heterocycles. The number of hydrogen-bond donors (Lipinski definition) is 2. The standard InChI is InChI=1S/C8H10N2O2S/c1-6(5-13)4-10-8(12)3-2-7(11)9-10/h2-3,13H,1,4-5H2,(H,9,11). The zero-order valence-electron chi connectivity index (χ0n) is 6.99. The summed E-state index contributed by atoms with van der Waals surface area (Å²) in [6.07, 6.45) is 0. The fourth-order valence-electron chi connectivity index (χ4n) is 0.853. The number of aromatic amines is 1. The van der Waals surface area contributed by atoms with Crippen LogP contribution in [0.2, 0.25) is 0 Å². The Morgan fingerprint density at radius 1 is 1.54 bits per heavy atom. The lowest BCUT2D eigenvalue weighted by molar-refractivity contribution is 0.622. The molecule has 1 aromatic heterocycles. The van der Waals surface area contributed by atoms with E-state index in [1.807, 2.05) is 0 Å². The lowest BCUT2D eigenvalue weighted by atomic mass is 10.3. The minimum Gasteiger partial charge on any atom is -0.268 e. The topological polar surface area (TPSA) is 54.9 Å². The molecule has 1 aromatic rings. The van der Waals surface area contributed by atoms with Gasteiger partial charge in [0.15, 0.2) is 0 Å². The summed E-state index contributed by atoms with van der Waals surface area (Å²) in [5.74, 6) is 0.489. The van der Waals surface area contributed by atoms with Gasteiger partial charge in [-0.2, -0.15) is 12.6 Å². The molecule has 0 saturated carbocycles. The van der Waals surface area contributed by atoms with E-state index in [0.717, 1.165) is 5.57 Å². The summed E-state index contributed by atoms with van der Waals surface area (Å²) >= 11 is 4.00. The maximum Gasteiger partial charge on any atom is 0.265 e. The summed E-state index contributed by atoms with van der Waals surface area (Å²) in [5, 5.41) is 2.39. The Hall–Kier alpha value is -1.23. The van der Waals surface area contributed by atoms with E-state index in [2.05, 4.69) is 24.3 Å². The molecular weight excluding hydrogens is 188 g/mol. The molecule has 0 aromatic carbocycles. The molecule has 1 N–H and O–H groups in total. The lowest BCUT2D eigenvalue weighted by Gasteiger charge is -2.04. The first-order valence-electron chi connectivity index (χ1n) is 3.71. The second-order valence-corrected chi connectivity index (χ2v) is 2.96. The second kappa shape index (κ2) is 4.13. The van der Waals surface area contributed by atoms with Crippen LogP contribution in [0.4, 0.5) is 0 Å². The van der Waals surface area contributed by atoms with Crippen LogP contribution in [-0.4, -0.2) is 15.5 Å². The minimum absolute atomic E-state index is 0.248. The van der Waals surface area contributed by atoms with Crippen molar-refractivity contribution in [3.05, 3.63) is 45.0 Å². The first kappa shape index (κ1) is 9.85. The number of nitrogens with one attached hydrogen (secondary N) is 1. The molecule has 1 heterocycles. The van der Waals surface area contributed by atoms with Crippen LogP contribution in [0.25, 0.3) is 0 Å². The van der Waals surface area contributed by atoms with Gasteiger partial charge in [0.1, 0.15) is 0 Å². The van der Waals surface area contributed by atoms with Crippen molar-refractivity contribution in [3.8, 4) is 0 Å². The van der Waals surface area contributed by atoms with Crippen LogP contribution in [0.3, 0.4) is 0 Å². The molecule has 0 fully saturated rings. The van der Waals surface area contributed by atoms with Crippen molar-refractivity contribution in [1.29, 1.82) is 0 Å². The second-order valence-electron chi connectivity index (χ2n) is 2.64. The zero-order chi connectivity index (χ0) is 9.84. The molecule has 0 aliphatic carbocycles. The summed E-state index contributed by atoms with van der Waals surface area (Å²) in [4.78, 5) is 22.0. The van der Waals surface area contributed by atoms with Gasteiger partial charge >= 0.3 is 0 Å². The Labute approximate surface area is 80.3 Å². The molecule has 4 nitrogen and oxygen atoms in total. The van der Waals surface area contributed by atoms with Crippen LogP contribution in [-0.2, 0) is 6.54 Å². The Morgan fingerprint density at radius 3 is 2.85 bits per heavy atom. The Bertz CT molecular complexity index is 419. The van der Waals surface area contributed by atoms with Crippen LogP contribution in [0.15, 0.2) is 33.9 Å². The molecule has 0 unspecified atom stereocenters. The van der Waals surface area contributed by atoms with E-state index in [0.29, 0.717) is 12.3 Å². The van der Waals surface area contributed by atoms with Crippen molar-refractivity contribution in [2.24, 2.45) is 0 Å². The predicted molar refractivity (Wildman–Crippen MR) is 54.3 cm³/mol. The SMILES string of the molecule is C=C(CS)Cn1[nH]c(=O)ccc1=O.